The molecule has 0 amide bonds. The van der Waals surface area contributed by atoms with Crippen molar-refractivity contribution in [2.75, 3.05) is 7.05 Å². The van der Waals surface area contributed by atoms with E-state index in [1.54, 1.807) is 0 Å². The summed E-state index contributed by atoms with van der Waals surface area (Å²) in [4.78, 5) is 0. The topological polar surface area (TPSA) is 12.0 Å². The largest absolute Gasteiger partial charge is 0.309 e. The molecule has 5 heteroatoms. The number of hydrogen-bond donors (Lipinski definition) is 1. The zero-order chi connectivity index (χ0) is 14.0. The van der Waals surface area contributed by atoms with Gasteiger partial charge in [0.2, 0.25) is 0 Å². The van der Waals surface area contributed by atoms with E-state index in [4.69, 9.17) is 0 Å². The highest BCUT2D eigenvalue weighted by Gasteiger charge is 2.18. The van der Waals surface area contributed by atoms with Gasteiger partial charge in [-0.05, 0) is 54.6 Å². The first-order valence-corrected chi connectivity index (χ1v) is 8.77. The normalized spacial score (nSPS) is 11.1. The molecule has 0 aromatic heterocycles. The maximum Gasteiger partial charge on any atom is 0.0597 e. The summed E-state index contributed by atoms with van der Waals surface area (Å²) in [5.74, 6) is 0. The standard InChI is InChI=1S/C14H11Br4N/c1-19-14(10-6-8(15)2-4-12(10)17)11-7-9(16)3-5-13(11)18/h2-7,14,19H,1H3. The lowest BCUT2D eigenvalue weighted by Crippen LogP contribution is -2.18. The Hall–Kier alpha value is 0.320. The van der Waals surface area contributed by atoms with E-state index in [1.807, 2.05) is 19.2 Å². The molecule has 2 aromatic rings. The summed E-state index contributed by atoms with van der Waals surface area (Å²) in [5, 5.41) is 3.37. The fourth-order valence-electron chi connectivity index (χ4n) is 1.95. The van der Waals surface area contributed by atoms with Gasteiger partial charge in [-0.1, -0.05) is 63.7 Å². The SMILES string of the molecule is CNC(c1cc(Br)ccc1Br)c1cc(Br)ccc1Br. The van der Waals surface area contributed by atoms with E-state index in [9.17, 15) is 0 Å². The van der Waals surface area contributed by atoms with Crippen molar-refractivity contribution in [3.63, 3.8) is 0 Å². The van der Waals surface area contributed by atoms with Gasteiger partial charge in [0.05, 0.1) is 6.04 Å². The molecule has 0 heterocycles. The second-order valence-corrected chi connectivity index (χ2v) is 7.59. The summed E-state index contributed by atoms with van der Waals surface area (Å²) >= 11 is 14.3. The highest BCUT2D eigenvalue weighted by molar-refractivity contribution is 9.11. The van der Waals surface area contributed by atoms with Crippen molar-refractivity contribution in [1.29, 1.82) is 0 Å². The number of nitrogens with one attached hydrogen (secondary N) is 1. The molecular formula is C14H11Br4N. The molecule has 0 saturated heterocycles. The molecule has 19 heavy (non-hydrogen) atoms. The molecule has 1 nitrogen and oxygen atoms in total. The first-order valence-electron chi connectivity index (χ1n) is 5.60. The molecular weight excluding hydrogens is 502 g/mol. The van der Waals surface area contributed by atoms with Crippen molar-refractivity contribution < 1.29 is 0 Å². The molecule has 0 aliphatic carbocycles. The van der Waals surface area contributed by atoms with Crippen molar-refractivity contribution in [1.82, 2.24) is 5.32 Å². The zero-order valence-electron chi connectivity index (χ0n) is 10.1. The van der Waals surface area contributed by atoms with Crippen LogP contribution in [0.3, 0.4) is 0 Å². The Balaban J connectivity index is 2.55. The lowest BCUT2D eigenvalue weighted by Gasteiger charge is -2.20. The third kappa shape index (κ3) is 3.70. The van der Waals surface area contributed by atoms with Gasteiger partial charge in [-0.2, -0.15) is 0 Å². The fraction of sp³-hybridized carbons (Fsp3) is 0.143. The van der Waals surface area contributed by atoms with Crippen molar-refractivity contribution in [2.45, 2.75) is 6.04 Å². The average molecular weight is 513 g/mol. The quantitative estimate of drug-likeness (QED) is 0.528. The van der Waals surface area contributed by atoms with Gasteiger partial charge in [0.1, 0.15) is 0 Å². The molecule has 0 bridgehead atoms. The molecule has 2 rings (SSSR count). The summed E-state index contributed by atoms with van der Waals surface area (Å²) in [6.45, 7) is 0. The van der Waals surface area contributed by atoms with Gasteiger partial charge in [0, 0.05) is 17.9 Å². The number of benzene rings is 2. The monoisotopic (exact) mass is 509 g/mol. The molecule has 1 N–H and O–H groups in total. The van der Waals surface area contributed by atoms with Crippen LogP contribution in [0.2, 0.25) is 0 Å². The molecule has 100 valence electrons. The summed E-state index contributed by atoms with van der Waals surface area (Å²) < 4.78 is 4.30. The van der Waals surface area contributed by atoms with Crippen LogP contribution in [-0.2, 0) is 0 Å². The van der Waals surface area contributed by atoms with Crippen LogP contribution in [0.1, 0.15) is 17.2 Å². The van der Waals surface area contributed by atoms with Gasteiger partial charge in [0.25, 0.3) is 0 Å². The molecule has 0 fully saturated rings. The van der Waals surface area contributed by atoms with Gasteiger partial charge < -0.3 is 5.32 Å². The maximum atomic E-state index is 3.62. The van der Waals surface area contributed by atoms with Crippen LogP contribution in [0.15, 0.2) is 54.3 Å². The van der Waals surface area contributed by atoms with Crippen LogP contribution >= 0.6 is 63.7 Å². The van der Waals surface area contributed by atoms with Gasteiger partial charge >= 0.3 is 0 Å². The first kappa shape index (κ1) is 15.7. The van der Waals surface area contributed by atoms with Crippen molar-refractivity contribution in [3.8, 4) is 0 Å². The average Bonchev–Trinajstić information content (AvgIpc) is 2.38. The Bertz CT molecular complexity index is 546. The van der Waals surface area contributed by atoms with E-state index >= 15 is 0 Å². The van der Waals surface area contributed by atoms with E-state index in [1.165, 1.54) is 11.1 Å². The minimum atomic E-state index is 0.110. The molecule has 0 unspecified atom stereocenters. The smallest absolute Gasteiger partial charge is 0.0597 e. The third-order valence-electron chi connectivity index (χ3n) is 2.83. The van der Waals surface area contributed by atoms with Gasteiger partial charge in [0.15, 0.2) is 0 Å². The maximum absolute atomic E-state index is 3.62. The van der Waals surface area contributed by atoms with Crippen LogP contribution in [0.25, 0.3) is 0 Å². The second-order valence-electron chi connectivity index (χ2n) is 4.05. The number of hydrogen-bond acceptors (Lipinski definition) is 1. The Labute approximate surface area is 146 Å². The molecule has 0 radical (unpaired) electrons. The third-order valence-corrected chi connectivity index (χ3v) is 5.26. The van der Waals surface area contributed by atoms with Crippen LogP contribution in [0.5, 0.6) is 0 Å². The first-order chi connectivity index (χ1) is 9.02. The van der Waals surface area contributed by atoms with Crippen LogP contribution in [0, 0.1) is 0 Å². The Morgan fingerprint density at radius 1 is 0.789 bits per heavy atom. The number of halogens is 4. The molecule has 0 spiro atoms. The van der Waals surface area contributed by atoms with Crippen LogP contribution < -0.4 is 5.32 Å². The number of rotatable bonds is 3. The minimum Gasteiger partial charge on any atom is -0.309 e. The van der Waals surface area contributed by atoms with Crippen molar-refractivity contribution >= 4 is 63.7 Å². The van der Waals surface area contributed by atoms with E-state index in [0.717, 1.165) is 17.9 Å². The predicted molar refractivity (Wildman–Crippen MR) is 94.6 cm³/mol. The van der Waals surface area contributed by atoms with E-state index in [2.05, 4.69) is 93.3 Å². The highest BCUT2D eigenvalue weighted by Crippen LogP contribution is 2.35. The van der Waals surface area contributed by atoms with E-state index < -0.39 is 0 Å². The summed E-state index contributed by atoms with van der Waals surface area (Å²) in [5.41, 5.74) is 2.38. The summed E-state index contributed by atoms with van der Waals surface area (Å²) in [6.07, 6.45) is 0. The molecule has 0 aliphatic rings. The lowest BCUT2D eigenvalue weighted by molar-refractivity contribution is 0.685. The van der Waals surface area contributed by atoms with Gasteiger partial charge in [-0.25, -0.2) is 0 Å². The lowest BCUT2D eigenvalue weighted by atomic mass is 9.99. The van der Waals surface area contributed by atoms with Crippen molar-refractivity contribution in [3.05, 3.63) is 65.4 Å². The van der Waals surface area contributed by atoms with Gasteiger partial charge in [-0.15, -0.1) is 0 Å². The van der Waals surface area contributed by atoms with Gasteiger partial charge in [-0.3, -0.25) is 0 Å². The molecule has 0 atom stereocenters. The summed E-state index contributed by atoms with van der Waals surface area (Å²) in [7, 11) is 1.96. The molecule has 2 aromatic carbocycles. The van der Waals surface area contributed by atoms with E-state index in [0.29, 0.717) is 0 Å². The Kier molecular flexibility index (Phi) is 5.66. The van der Waals surface area contributed by atoms with Crippen LogP contribution in [-0.4, -0.2) is 7.05 Å². The Morgan fingerprint density at radius 3 is 1.58 bits per heavy atom. The predicted octanol–water partition coefficient (Wildman–Crippen LogP) is 6.05. The molecule has 0 saturated carbocycles. The summed E-state index contributed by atoms with van der Waals surface area (Å²) in [6, 6.07) is 12.5. The minimum absolute atomic E-state index is 0.110. The molecule has 0 aliphatic heterocycles. The highest BCUT2D eigenvalue weighted by atomic mass is 79.9. The van der Waals surface area contributed by atoms with Crippen LogP contribution in [0.4, 0.5) is 0 Å². The van der Waals surface area contributed by atoms with E-state index in [-0.39, 0.29) is 6.04 Å². The Morgan fingerprint density at radius 2 is 1.21 bits per heavy atom. The second kappa shape index (κ2) is 6.85. The fourth-order valence-corrected chi connectivity index (χ4v) is 3.66. The van der Waals surface area contributed by atoms with Crippen molar-refractivity contribution in [2.24, 2.45) is 0 Å². The zero-order valence-corrected chi connectivity index (χ0v) is 16.4.